The van der Waals surface area contributed by atoms with Gasteiger partial charge in [0, 0.05) is 17.1 Å². The lowest BCUT2D eigenvalue weighted by atomic mass is 10.2. The molecular formula is C15H13BrN2O3S2. The SMILES string of the molecule is Cc1cc(-c2ccc(S(=O)(=O)NCc3cccc(Br)c3)s2)on1. The minimum absolute atomic E-state index is 0.233. The lowest BCUT2D eigenvalue weighted by Gasteiger charge is -2.05. The lowest BCUT2D eigenvalue weighted by molar-refractivity contribution is 0.428. The van der Waals surface area contributed by atoms with Crippen LogP contribution in [0.4, 0.5) is 0 Å². The lowest BCUT2D eigenvalue weighted by Crippen LogP contribution is -2.22. The number of thiophene rings is 1. The Morgan fingerprint density at radius 2 is 2.09 bits per heavy atom. The summed E-state index contributed by atoms with van der Waals surface area (Å²) in [4.78, 5) is 0.730. The number of halogens is 1. The first kappa shape index (κ1) is 16.4. The Hall–Kier alpha value is -1.48. The van der Waals surface area contributed by atoms with Crippen molar-refractivity contribution < 1.29 is 12.9 Å². The van der Waals surface area contributed by atoms with Gasteiger partial charge < -0.3 is 4.52 Å². The number of hydrogen-bond acceptors (Lipinski definition) is 5. The van der Waals surface area contributed by atoms with Crippen LogP contribution in [0.25, 0.3) is 10.6 Å². The molecule has 0 atom stereocenters. The monoisotopic (exact) mass is 412 g/mol. The molecule has 3 rings (SSSR count). The number of hydrogen-bond donors (Lipinski definition) is 1. The first-order chi connectivity index (χ1) is 10.9. The van der Waals surface area contributed by atoms with Crippen molar-refractivity contribution in [2.24, 2.45) is 0 Å². The Morgan fingerprint density at radius 1 is 1.26 bits per heavy atom. The predicted molar refractivity (Wildman–Crippen MR) is 92.7 cm³/mol. The van der Waals surface area contributed by atoms with Gasteiger partial charge in [-0.15, -0.1) is 11.3 Å². The number of nitrogens with one attached hydrogen (secondary N) is 1. The summed E-state index contributed by atoms with van der Waals surface area (Å²) in [6.07, 6.45) is 0. The highest BCUT2D eigenvalue weighted by Gasteiger charge is 2.18. The van der Waals surface area contributed by atoms with Crippen molar-refractivity contribution in [2.45, 2.75) is 17.7 Å². The van der Waals surface area contributed by atoms with E-state index in [4.69, 9.17) is 4.52 Å². The van der Waals surface area contributed by atoms with Gasteiger partial charge in [-0.2, -0.15) is 0 Å². The smallest absolute Gasteiger partial charge is 0.250 e. The van der Waals surface area contributed by atoms with Crippen LogP contribution in [0.3, 0.4) is 0 Å². The summed E-state index contributed by atoms with van der Waals surface area (Å²) in [5.74, 6) is 0.570. The van der Waals surface area contributed by atoms with Gasteiger partial charge in [-0.3, -0.25) is 0 Å². The van der Waals surface area contributed by atoms with Crippen LogP contribution >= 0.6 is 27.3 Å². The molecule has 0 aliphatic heterocycles. The molecular weight excluding hydrogens is 400 g/mol. The maximum absolute atomic E-state index is 12.4. The van der Waals surface area contributed by atoms with Crippen molar-refractivity contribution >= 4 is 37.3 Å². The molecule has 0 unspecified atom stereocenters. The fourth-order valence-electron chi connectivity index (χ4n) is 1.97. The van der Waals surface area contributed by atoms with E-state index in [0.29, 0.717) is 5.76 Å². The van der Waals surface area contributed by atoms with Crippen molar-refractivity contribution in [3.63, 3.8) is 0 Å². The second-order valence-electron chi connectivity index (χ2n) is 4.91. The Kier molecular flexibility index (Phi) is 4.67. The zero-order valence-corrected chi connectivity index (χ0v) is 15.3. The molecule has 0 bridgehead atoms. The van der Waals surface area contributed by atoms with E-state index in [1.54, 1.807) is 18.2 Å². The van der Waals surface area contributed by atoms with Gasteiger partial charge in [-0.1, -0.05) is 33.2 Å². The molecule has 0 amide bonds. The summed E-state index contributed by atoms with van der Waals surface area (Å²) in [5, 5.41) is 3.81. The van der Waals surface area contributed by atoms with E-state index < -0.39 is 10.0 Å². The van der Waals surface area contributed by atoms with Crippen molar-refractivity contribution in [1.82, 2.24) is 9.88 Å². The van der Waals surface area contributed by atoms with Crippen molar-refractivity contribution in [2.75, 3.05) is 0 Å². The molecule has 2 heterocycles. The molecule has 0 aliphatic rings. The largest absolute Gasteiger partial charge is 0.355 e. The summed E-state index contributed by atoms with van der Waals surface area (Å²) < 4.78 is 33.7. The van der Waals surface area contributed by atoms with Crippen LogP contribution < -0.4 is 4.72 Å². The number of aromatic nitrogens is 1. The van der Waals surface area contributed by atoms with Gasteiger partial charge in [0.25, 0.3) is 0 Å². The fourth-order valence-corrected chi connectivity index (χ4v) is 4.74. The molecule has 0 spiro atoms. The first-order valence-electron chi connectivity index (χ1n) is 6.72. The molecule has 1 aromatic carbocycles. The van der Waals surface area contributed by atoms with Crippen LogP contribution in [0.1, 0.15) is 11.3 Å². The molecule has 0 saturated heterocycles. The van der Waals surface area contributed by atoms with Crippen LogP contribution in [-0.4, -0.2) is 13.6 Å². The van der Waals surface area contributed by atoms with Gasteiger partial charge in [0.15, 0.2) is 5.76 Å². The predicted octanol–water partition coefficient (Wildman–Crippen LogP) is 3.95. The number of benzene rings is 1. The Labute approximate surface area is 146 Å². The van der Waals surface area contributed by atoms with E-state index in [9.17, 15) is 8.42 Å². The van der Waals surface area contributed by atoms with E-state index in [2.05, 4.69) is 25.8 Å². The summed E-state index contributed by atoms with van der Waals surface area (Å²) in [6, 6.07) is 12.6. The second kappa shape index (κ2) is 6.56. The molecule has 3 aromatic rings. The highest BCUT2D eigenvalue weighted by molar-refractivity contribution is 9.10. The average molecular weight is 413 g/mol. The van der Waals surface area contributed by atoms with Crippen molar-refractivity contribution in [3.8, 4) is 10.6 Å². The molecule has 23 heavy (non-hydrogen) atoms. The standard InChI is InChI=1S/C15H13BrN2O3S2/c1-10-7-13(21-18-10)14-5-6-15(22-14)23(19,20)17-9-11-3-2-4-12(16)8-11/h2-8,17H,9H2,1H3. The highest BCUT2D eigenvalue weighted by atomic mass is 79.9. The van der Waals surface area contributed by atoms with Crippen molar-refractivity contribution in [3.05, 3.63) is 58.2 Å². The second-order valence-corrected chi connectivity index (χ2v) is 8.90. The van der Waals surface area contributed by atoms with Gasteiger partial charge >= 0.3 is 0 Å². The topological polar surface area (TPSA) is 72.2 Å². The third kappa shape index (κ3) is 3.89. The third-order valence-electron chi connectivity index (χ3n) is 3.07. The Balaban J connectivity index is 1.76. The average Bonchev–Trinajstić information content (AvgIpc) is 3.14. The zero-order chi connectivity index (χ0) is 16.4. The minimum Gasteiger partial charge on any atom is -0.355 e. The molecule has 2 aromatic heterocycles. The van der Waals surface area contributed by atoms with Gasteiger partial charge in [0.05, 0.1) is 10.6 Å². The van der Waals surface area contributed by atoms with Crippen LogP contribution in [-0.2, 0) is 16.6 Å². The number of sulfonamides is 1. The molecule has 120 valence electrons. The fraction of sp³-hybridized carbons (Fsp3) is 0.133. The summed E-state index contributed by atoms with van der Waals surface area (Å²) in [7, 11) is -3.56. The normalized spacial score (nSPS) is 11.7. The maximum Gasteiger partial charge on any atom is 0.250 e. The van der Waals surface area contributed by atoms with E-state index in [0.717, 1.165) is 31.9 Å². The quantitative estimate of drug-likeness (QED) is 0.688. The highest BCUT2D eigenvalue weighted by Crippen LogP contribution is 2.31. The van der Waals surface area contributed by atoms with E-state index in [1.165, 1.54) is 0 Å². The molecule has 0 aliphatic carbocycles. The molecule has 0 radical (unpaired) electrons. The van der Waals surface area contributed by atoms with Crippen LogP contribution in [0.2, 0.25) is 0 Å². The van der Waals surface area contributed by atoms with Crippen molar-refractivity contribution in [1.29, 1.82) is 0 Å². The van der Waals surface area contributed by atoms with Gasteiger partial charge in [-0.25, -0.2) is 13.1 Å². The van der Waals surface area contributed by atoms with Crippen LogP contribution in [0.5, 0.6) is 0 Å². The number of nitrogens with zero attached hydrogens (tertiary/aromatic N) is 1. The number of aryl methyl sites for hydroxylation is 1. The number of rotatable bonds is 5. The minimum atomic E-state index is -3.56. The third-order valence-corrected chi connectivity index (χ3v) is 6.56. The summed E-state index contributed by atoms with van der Waals surface area (Å²) in [5.41, 5.74) is 1.64. The van der Waals surface area contributed by atoms with Gasteiger partial charge in [0.2, 0.25) is 10.0 Å². The molecule has 5 nitrogen and oxygen atoms in total. The molecule has 0 fully saturated rings. The first-order valence-corrected chi connectivity index (χ1v) is 9.81. The summed E-state index contributed by atoms with van der Waals surface area (Å²) in [6.45, 7) is 2.05. The van der Waals surface area contributed by atoms with E-state index in [-0.39, 0.29) is 10.8 Å². The van der Waals surface area contributed by atoms with Crippen LogP contribution in [0, 0.1) is 6.92 Å². The Bertz CT molecular complexity index is 932. The van der Waals surface area contributed by atoms with Crippen LogP contribution in [0.15, 0.2) is 55.7 Å². The van der Waals surface area contributed by atoms with Gasteiger partial charge in [0.1, 0.15) is 4.21 Å². The van der Waals surface area contributed by atoms with E-state index >= 15 is 0 Å². The maximum atomic E-state index is 12.4. The zero-order valence-electron chi connectivity index (χ0n) is 12.1. The molecule has 8 heteroatoms. The Morgan fingerprint density at radius 3 is 2.78 bits per heavy atom. The van der Waals surface area contributed by atoms with Gasteiger partial charge in [-0.05, 0) is 36.8 Å². The summed E-state index contributed by atoms with van der Waals surface area (Å²) >= 11 is 4.52. The molecule has 0 saturated carbocycles. The van der Waals surface area contributed by atoms with E-state index in [1.807, 2.05) is 31.2 Å². The molecule has 1 N–H and O–H groups in total.